The molecule has 5 heteroatoms. The molecule has 0 aliphatic carbocycles. The van der Waals surface area contributed by atoms with Crippen molar-refractivity contribution in [1.82, 2.24) is 5.32 Å². The molecule has 0 rings (SSSR count). The highest BCUT2D eigenvalue weighted by molar-refractivity contribution is 5.66. The van der Waals surface area contributed by atoms with E-state index in [9.17, 15) is 4.79 Å². The van der Waals surface area contributed by atoms with E-state index in [1.807, 2.05) is 0 Å². The molecule has 0 spiro atoms. The molecule has 0 bridgehead atoms. The van der Waals surface area contributed by atoms with Crippen LogP contribution in [0.3, 0.4) is 0 Å². The van der Waals surface area contributed by atoms with Crippen molar-refractivity contribution in [2.24, 2.45) is 0 Å². The van der Waals surface area contributed by atoms with Crippen LogP contribution in [0.15, 0.2) is 0 Å². The van der Waals surface area contributed by atoms with E-state index in [1.54, 1.807) is 7.11 Å². The Morgan fingerprint density at radius 2 is 1.92 bits per heavy atom. The second kappa shape index (κ2) is 8.29. The van der Waals surface area contributed by atoms with E-state index in [0.717, 1.165) is 0 Å². The Morgan fingerprint density at radius 3 is 2.50 bits per heavy atom. The zero-order valence-electron chi connectivity index (χ0n) is 7.46. The van der Waals surface area contributed by atoms with Crippen LogP contribution in [-0.2, 0) is 14.2 Å². The lowest BCUT2D eigenvalue weighted by atomic mass is 10.7. The van der Waals surface area contributed by atoms with Crippen LogP contribution in [0.5, 0.6) is 0 Å². The van der Waals surface area contributed by atoms with Crippen LogP contribution in [0.4, 0.5) is 4.79 Å². The van der Waals surface area contributed by atoms with Gasteiger partial charge in [0.25, 0.3) is 0 Å². The molecule has 0 aromatic carbocycles. The minimum Gasteiger partial charge on any atom is -0.447 e. The number of carbonyl (C=O) groups excluding carboxylic acids is 1. The highest BCUT2D eigenvalue weighted by Gasteiger charge is 1.95. The van der Waals surface area contributed by atoms with Gasteiger partial charge in [-0.15, -0.1) is 0 Å². The fourth-order valence-electron chi connectivity index (χ4n) is 0.510. The van der Waals surface area contributed by atoms with Crippen LogP contribution >= 0.6 is 0 Å². The van der Waals surface area contributed by atoms with Gasteiger partial charge in [-0.3, -0.25) is 0 Å². The van der Waals surface area contributed by atoms with E-state index < -0.39 is 6.09 Å². The normalized spacial score (nSPS) is 9.50. The van der Waals surface area contributed by atoms with Crippen molar-refractivity contribution in [2.75, 3.05) is 40.6 Å². The maximum atomic E-state index is 10.5. The van der Waals surface area contributed by atoms with Crippen LogP contribution in [0.1, 0.15) is 0 Å². The molecule has 0 aromatic heterocycles. The average molecular weight is 177 g/mol. The molecular formula is C7H15NO4. The van der Waals surface area contributed by atoms with Gasteiger partial charge in [0.2, 0.25) is 0 Å². The molecule has 0 saturated carbocycles. The molecule has 0 aliphatic heterocycles. The van der Waals surface area contributed by atoms with Crippen LogP contribution in [0.2, 0.25) is 0 Å². The number of nitrogens with one attached hydrogen (secondary N) is 1. The van der Waals surface area contributed by atoms with E-state index in [-0.39, 0.29) is 6.61 Å². The molecular weight excluding hydrogens is 162 g/mol. The second-order valence-electron chi connectivity index (χ2n) is 1.99. The number of rotatable bonds is 6. The SMILES string of the molecule is CNC(=O)OCCOCCOC. The Bertz CT molecular complexity index is 118. The number of hydrogen-bond donors (Lipinski definition) is 1. The first kappa shape index (κ1) is 11.2. The summed E-state index contributed by atoms with van der Waals surface area (Å²) in [6, 6.07) is 0. The van der Waals surface area contributed by atoms with E-state index >= 15 is 0 Å². The maximum absolute atomic E-state index is 10.5. The van der Waals surface area contributed by atoms with Crippen molar-refractivity contribution in [1.29, 1.82) is 0 Å². The van der Waals surface area contributed by atoms with Gasteiger partial charge in [-0.25, -0.2) is 4.79 Å². The van der Waals surface area contributed by atoms with Crippen molar-refractivity contribution in [3.63, 3.8) is 0 Å². The van der Waals surface area contributed by atoms with E-state index in [4.69, 9.17) is 9.47 Å². The van der Waals surface area contributed by atoms with Gasteiger partial charge < -0.3 is 19.5 Å². The third-order valence-electron chi connectivity index (χ3n) is 1.10. The highest BCUT2D eigenvalue weighted by atomic mass is 16.6. The molecule has 5 nitrogen and oxygen atoms in total. The first-order valence-corrected chi connectivity index (χ1v) is 3.72. The van der Waals surface area contributed by atoms with Gasteiger partial charge in [0.05, 0.1) is 19.8 Å². The quantitative estimate of drug-likeness (QED) is 0.580. The largest absolute Gasteiger partial charge is 0.447 e. The number of hydrogen-bond acceptors (Lipinski definition) is 4. The number of alkyl carbamates (subject to hydrolysis) is 1. The molecule has 0 saturated heterocycles. The summed E-state index contributed by atoms with van der Waals surface area (Å²) >= 11 is 0. The van der Waals surface area contributed by atoms with Gasteiger partial charge in [-0.1, -0.05) is 0 Å². The molecule has 0 radical (unpaired) electrons. The summed E-state index contributed by atoms with van der Waals surface area (Å²) in [5.74, 6) is 0. The number of ether oxygens (including phenoxy) is 3. The Hall–Kier alpha value is -0.810. The molecule has 0 aliphatic rings. The Labute approximate surface area is 72.0 Å². The van der Waals surface area contributed by atoms with Crippen LogP contribution in [0, 0.1) is 0 Å². The van der Waals surface area contributed by atoms with Crippen LogP contribution in [-0.4, -0.2) is 46.7 Å². The van der Waals surface area contributed by atoms with Gasteiger partial charge in [0.1, 0.15) is 6.61 Å². The van der Waals surface area contributed by atoms with Crippen LogP contribution in [0.25, 0.3) is 0 Å². The van der Waals surface area contributed by atoms with E-state index in [0.29, 0.717) is 19.8 Å². The van der Waals surface area contributed by atoms with Gasteiger partial charge in [0.15, 0.2) is 0 Å². The summed E-state index contributed by atoms with van der Waals surface area (Å²) in [5.41, 5.74) is 0. The summed E-state index contributed by atoms with van der Waals surface area (Å²) in [6.45, 7) is 1.74. The number of amides is 1. The zero-order valence-corrected chi connectivity index (χ0v) is 7.46. The molecule has 1 N–H and O–H groups in total. The minimum atomic E-state index is -0.439. The Balaban J connectivity index is 2.95. The lowest BCUT2D eigenvalue weighted by molar-refractivity contribution is 0.0425. The van der Waals surface area contributed by atoms with Gasteiger partial charge in [-0.05, 0) is 0 Å². The molecule has 0 heterocycles. The summed E-state index contributed by atoms with van der Waals surface area (Å²) in [6.07, 6.45) is -0.439. The smallest absolute Gasteiger partial charge is 0.406 e. The number of carbonyl (C=O) groups is 1. The molecule has 0 atom stereocenters. The molecule has 72 valence electrons. The number of methoxy groups -OCH3 is 1. The van der Waals surface area contributed by atoms with Gasteiger partial charge in [-0.2, -0.15) is 0 Å². The van der Waals surface area contributed by atoms with Crippen molar-refractivity contribution in [2.45, 2.75) is 0 Å². The molecule has 0 fully saturated rings. The van der Waals surface area contributed by atoms with E-state index in [2.05, 4.69) is 10.1 Å². The minimum absolute atomic E-state index is 0.267. The van der Waals surface area contributed by atoms with Crippen molar-refractivity contribution in [3.8, 4) is 0 Å². The fraction of sp³-hybridized carbons (Fsp3) is 0.857. The van der Waals surface area contributed by atoms with Crippen molar-refractivity contribution >= 4 is 6.09 Å². The second-order valence-corrected chi connectivity index (χ2v) is 1.99. The molecule has 0 aromatic rings. The molecule has 1 amide bonds. The predicted octanol–water partition coefficient (Wildman–Crippen LogP) is 0.00540. The molecule has 0 unspecified atom stereocenters. The first-order chi connectivity index (χ1) is 5.81. The van der Waals surface area contributed by atoms with Crippen LogP contribution < -0.4 is 5.32 Å². The fourth-order valence-corrected chi connectivity index (χ4v) is 0.510. The average Bonchev–Trinajstić information content (AvgIpc) is 2.10. The third kappa shape index (κ3) is 7.30. The lowest BCUT2D eigenvalue weighted by Gasteiger charge is -2.04. The summed E-state index contributed by atoms with van der Waals surface area (Å²) in [7, 11) is 3.11. The first-order valence-electron chi connectivity index (χ1n) is 3.72. The topological polar surface area (TPSA) is 56.8 Å². The van der Waals surface area contributed by atoms with Gasteiger partial charge >= 0.3 is 6.09 Å². The zero-order chi connectivity index (χ0) is 9.23. The standard InChI is InChI=1S/C7H15NO4/c1-8-7(9)12-6-5-11-4-3-10-2/h3-6H2,1-2H3,(H,8,9). The lowest BCUT2D eigenvalue weighted by Crippen LogP contribution is -2.21. The monoisotopic (exact) mass is 177 g/mol. The van der Waals surface area contributed by atoms with E-state index in [1.165, 1.54) is 7.05 Å². The Morgan fingerprint density at radius 1 is 1.25 bits per heavy atom. The van der Waals surface area contributed by atoms with Gasteiger partial charge in [0, 0.05) is 14.2 Å². The maximum Gasteiger partial charge on any atom is 0.406 e. The van der Waals surface area contributed by atoms with Crippen molar-refractivity contribution < 1.29 is 19.0 Å². The summed E-state index contributed by atoms with van der Waals surface area (Å²) < 4.78 is 14.4. The van der Waals surface area contributed by atoms with Crippen molar-refractivity contribution in [3.05, 3.63) is 0 Å². The Kier molecular flexibility index (Phi) is 7.73. The predicted molar refractivity (Wildman–Crippen MR) is 43.1 cm³/mol. The summed E-state index contributed by atoms with van der Waals surface area (Å²) in [5, 5.41) is 2.33. The molecule has 12 heavy (non-hydrogen) atoms. The summed E-state index contributed by atoms with van der Waals surface area (Å²) in [4.78, 5) is 10.5. The third-order valence-corrected chi connectivity index (χ3v) is 1.10. The highest BCUT2D eigenvalue weighted by Crippen LogP contribution is 1.79.